The van der Waals surface area contributed by atoms with Crippen molar-refractivity contribution in [3.63, 3.8) is 0 Å². The van der Waals surface area contributed by atoms with E-state index >= 15 is 0 Å². The maximum atomic E-state index is 13.8. The molecule has 0 bridgehead atoms. The summed E-state index contributed by atoms with van der Waals surface area (Å²) in [6.07, 6.45) is -5.44. The van der Waals surface area contributed by atoms with Crippen molar-refractivity contribution in [3.05, 3.63) is 48.0 Å². The van der Waals surface area contributed by atoms with Gasteiger partial charge < -0.3 is 20.0 Å². The zero-order chi connectivity index (χ0) is 26.7. The molecule has 4 amide bonds. The van der Waals surface area contributed by atoms with Gasteiger partial charge in [0, 0.05) is 32.5 Å². The van der Waals surface area contributed by atoms with Gasteiger partial charge >= 0.3 is 12.2 Å². The van der Waals surface area contributed by atoms with Crippen molar-refractivity contribution in [3.8, 4) is 0 Å². The number of halogens is 3. The molecule has 3 atom stereocenters. The summed E-state index contributed by atoms with van der Waals surface area (Å²) < 4.78 is 37.5. The molecule has 2 heterocycles. The van der Waals surface area contributed by atoms with Crippen molar-refractivity contribution < 1.29 is 27.6 Å². The van der Waals surface area contributed by atoms with Crippen LogP contribution < -0.4 is 5.32 Å². The van der Waals surface area contributed by atoms with Crippen LogP contribution in [0.1, 0.15) is 45.1 Å². The van der Waals surface area contributed by atoms with Crippen LogP contribution in [-0.2, 0) is 16.1 Å². The molecule has 2 saturated heterocycles. The summed E-state index contributed by atoms with van der Waals surface area (Å²) >= 11 is 0. The highest BCUT2D eigenvalue weighted by molar-refractivity contribution is 5.92. The van der Waals surface area contributed by atoms with E-state index in [0.717, 1.165) is 16.3 Å². The van der Waals surface area contributed by atoms with Crippen molar-refractivity contribution in [1.29, 1.82) is 0 Å². The fourth-order valence-corrected chi connectivity index (χ4v) is 5.27. The molecule has 1 N–H and O–H groups in total. The van der Waals surface area contributed by atoms with E-state index in [0.29, 0.717) is 13.0 Å². The topological polar surface area (TPSA) is 73.0 Å². The second-order valence-electron chi connectivity index (χ2n) is 9.86. The lowest BCUT2D eigenvalue weighted by Crippen LogP contribution is -2.72. The van der Waals surface area contributed by atoms with E-state index in [-0.39, 0.29) is 50.2 Å². The van der Waals surface area contributed by atoms with Crippen LogP contribution in [0, 0.1) is 5.92 Å². The van der Waals surface area contributed by atoms with Gasteiger partial charge in [-0.2, -0.15) is 13.2 Å². The summed E-state index contributed by atoms with van der Waals surface area (Å²) in [4.78, 5) is 44.6. The minimum atomic E-state index is -4.28. The zero-order valence-electron chi connectivity index (χ0n) is 21.1. The first-order valence-electron chi connectivity index (χ1n) is 12.8. The minimum absolute atomic E-state index is 0.0655. The molecule has 0 aliphatic carbocycles. The Kier molecular flexibility index (Phi) is 7.94. The van der Waals surface area contributed by atoms with Crippen LogP contribution in [-0.4, -0.2) is 70.6 Å². The number of alkyl halides is 3. The van der Waals surface area contributed by atoms with E-state index in [4.69, 9.17) is 0 Å². The summed E-state index contributed by atoms with van der Waals surface area (Å²) in [5.74, 6) is -0.474. The third kappa shape index (κ3) is 5.83. The highest BCUT2D eigenvalue weighted by Crippen LogP contribution is 2.32. The summed E-state index contributed by atoms with van der Waals surface area (Å²) in [5, 5.41) is 4.66. The maximum Gasteiger partial charge on any atom is 0.389 e. The molecule has 200 valence electrons. The van der Waals surface area contributed by atoms with Gasteiger partial charge in [-0.25, -0.2) is 4.79 Å². The van der Waals surface area contributed by atoms with Gasteiger partial charge in [-0.05, 0) is 28.7 Å². The average Bonchev–Trinajstić information content (AvgIpc) is 2.86. The van der Waals surface area contributed by atoms with E-state index in [1.165, 1.54) is 9.80 Å². The van der Waals surface area contributed by atoms with Gasteiger partial charge in [0.05, 0.1) is 6.54 Å². The maximum absolute atomic E-state index is 13.8. The molecule has 2 aliphatic heterocycles. The van der Waals surface area contributed by atoms with Crippen LogP contribution >= 0.6 is 0 Å². The Bertz CT molecular complexity index is 1150. The normalized spacial score (nSPS) is 21.3. The lowest BCUT2D eigenvalue weighted by molar-refractivity contribution is -0.170. The minimum Gasteiger partial charge on any atom is -0.338 e. The number of rotatable bonds is 7. The molecule has 10 heteroatoms. The number of piperazine rings is 1. The first kappa shape index (κ1) is 26.8. The van der Waals surface area contributed by atoms with Crippen LogP contribution in [0.25, 0.3) is 10.8 Å². The number of nitrogens with one attached hydrogen (secondary N) is 1. The Hall–Kier alpha value is -3.30. The predicted octanol–water partition coefficient (Wildman–Crippen LogP) is 4.51. The number of amides is 4. The van der Waals surface area contributed by atoms with Crippen molar-refractivity contribution in [2.75, 3.05) is 19.6 Å². The molecule has 2 fully saturated rings. The number of carbonyl (C=O) groups is 3. The molecule has 4 rings (SSSR count). The molecular formula is C27H33F3N4O3. The van der Waals surface area contributed by atoms with Gasteiger partial charge in [0.15, 0.2) is 0 Å². The SMILES string of the molecule is CC[C@H](C)[C@H]1C(=O)N(Cc2cccc3ccccc23)C[C@@H]2N(C(=O)NCCCC(F)(F)F)CCC(=O)N12. The number of hydrogen-bond donors (Lipinski definition) is 1. The van der Waals surface area contributed by atoms with Crippen LogP contribution in [0.15, 0.2) is 42.5 Å². The highest BCUT2D eigenvalue weighted by Gasteiger charge is 2.50. The van der Waals surface area contributed by atoms with Crippen molar-refractivity contribution in [1.82, 2.24) is 20.0 Å². The van der Waals surface area contributed by atoms with Gasteiger partial charge in [-0.15, -0.1) is 0 Å². The molecule has 2 aromatic rings. The number of fused-ring (bicyclic) bond motifs is 2. The fourth-order valence-electron chi connectivity index (χ4n) is 5.27. The van der Waals surface area contributed by atoms with E-state index in [1.807, 2.05) is 56.3 Å². The summed E-state index contributed by atoms with van der Waals surface area (Å²) in [7, 11) is 0. The largest absolute Gasteiger partial charge is 0.389 e. The third-order valence-electron chi connectivity index (χ3n) is 7.38. The second kappa shape index (κ2) is 11.0. The Morgan fingerprint density at radius 2 is 1.86 bits per heavy atom. The first-order valence-corrected chi connectivity index (χ1v) is 12.8. The molecule has 0 saturated carbocycles. The first-order chi connectivity index (χ1) is 17.6. The van der Waals surface area contributed by atoms with Crippen LogP contribution in [0.5, 0.6) is 0 Å². The monoisotopic (exact) mass is 518 g/mol. The van der Waals surface area contributed by atoms with Gasteiger partial charge in [0.25, 0.3) is 0 Å². The van der Waals surface area contributed by atoms with E-state index in [9.17, 15) is 27.6 Å². The molecule has 0 unspecified atom stereocenters. The standard InChI is InChI=1S/C27H33F3N4O3/c1-3-18(2)24-25(36)32(16-20-10-6-9-19-8-4-5-11-21(19)20)17-22-33(15-12-23(35)34(22)24)26(37)31-14-7-13-27(28,29)30/h4-6,8-11,18,22,24H,3,7,12-17H2,1-2H3,(H,31,37)/t18-,22+,24-/m0/s1. The van der Waals surface area contributed by atoms with Gasteiger partial charge in [0.2, 0.25) is 11.8 Å². The quantitative estimate of drug-likeness (QED) is 0.549. The van der Waals surface area contributed by atoms with Crippen LogP contribution in [0.4, 0.5) is 18.0 Å². The van der Waals surface area contributed by atoms with Crippen molar-refractivity contribution in [2.45, 2.75) is 64.5 Å². The summed E-state index contributed by atoms with van der Waals surface area (Å²) in [6, 6.07) is 12.6. The highest BCUT2D eigenvalue weighted by atomic mass is 19.4. The number of hydrogen-bond acceptors (Lipinski definition) is 3. The number of nitrogens with zero attached hydrogens (tertiary/aromatic N) is 3. The zero-order valence-corrected chi connectivity index (χ0v) is 21.1. The predicted molar refractivity (Wildman–Crippen MR) is 133 cm³/mol. The molecule has 0 spiro atoms. The second-order valence-corrected chi connectivity index (χ2v) is 9.86. The fraction of sp³-hybridized carbons (Fsp3) is 0.519. The average molecular weight is 519 g/mol. The summed E-state index contributed by atoms with van der Waals surface area (Å²) in [6.45, 7) is 4.36. The molecule has 37 heavy (non-hydrogen) atoms. The number of benzene rings is 2. The smallest absolute Gasteiger partial charge is 0.338 e. The Morgan fingerprint density at radius 3 is 2.59 bits per heavy atom. The Balaban J connectivity index is 1.59. The molecule has 7 nitrogen and oxygen atoms in total. The number of carbonyl (C=O) groups excluding carboxylic acids is 3. The van der Waals surface area contributed by atoms with Gasteiger partial charge in [-0.1, -0.05) is 62.7 Å². The van der Waals surface area contributed by atoms with E-state index < -0.39 is 30.8 Å². The molecular weight excluding hydrogens is 485 g/mol. The summed E-state index contributed by atoms with van der Waals surface area (Å²) in [5.41, 5.74) is 0.966. The number of urea groups is 1. The van der Waals surface area contributed by atoms with Gasteiger partial charge in [0.1, 0.15) is 12.2 Å². The molecule has 2 aromatic carbocycles. The lowest BCUT2D eigenvalue weighted by atomic mass is 9.91. The molecule has 0 radical (unpaired) electrons. The third-order valence-corrected chi connectivity index (χ3v) is 7.38. The molecule has 2 aliphatic rings. The Morgan fingerprint density at radius 1 is 1.14 bits per heavy atom. The van der Waals surface area contributed by atoms with Crippen LogP contribution in [0.3, 0.4) is 0 Å². The molecule has 0 aromatic heterocycles. The van der Waals surface area contributed by atoms with E-state index in [2.05, 4.69) is 5.32 Å². The lowest BCUT2D eigenvalue weighted by Gasteiger charge is -2.53. The Labute approximate surface area is 214 Å². The van der Waals surface area contributed by atoms with Crippen molar-refractivity contribution >= 4 is 28.6 Å². The van der Waals surface area contributed by atoms with Crippen molar-refractivity contribution in [2.24, 2.45) is 5.92 Å². The van der Waals surface area contributed by atoms with E-state index in [1.54, 1.807) is 4.90 Å². The van der Waals surface area contributed by atoms with Gasteiger partial charge in [-0.3, -0.25) is 9.59 Å². The van der Waals surface area contributed by atoms with Crippen LogP contribution in [0.2, 0.25) is 0 Å².